The van der Waals surface area contributed by atoms with Crippen LogP contribution in [0, 0.1) is 12.1 Å². The summed E-state index contributed by atoms with van der Waals surface area (Å²) in [6.45, 7) is 12.7. The largest absolute Gasteiger partial charge is 2.00 e. The van der Waals surface area contributed by atoms with Crippen molar-refractivity contribution in [2.45, 2.75) is 52.4 Å². The van der Waals surface area contributed by atoms with Crippen LogP contribution in [0.15, 0.2) is 68.0 Å². The van der Waals surface area contributed by atoms with E-state index in [1.807, 2.05) is 13.8 Å². The van der Waals surface area contributed by atoms with E-state index in [2.05, 4.69) is 76.2 Å². The van der Waals surface area contributed by atoms with E-state index >= 15 is 0 Å². The summed E-state index contributed by atoms with van der Waals surface area (Å²) in [4.78, 5) is 19.3. The average Bonchev–Trinajstić information content (AvgIpc) is 3.31. The molecule has 0 fully saturated rings. The Morgan fingerprint density at radius 1 is 0.613 bits per heavy atom. The number of benzene rings is 2. The third-order valence-electron chi connectivity index (χ3n) is 6.28. The maximum absolute atomic E-state index is 4.90. The molecule has 0 saturated heterocycles. The molecule has 2 aromatic carbocycles. The summed E-state index contributed by atoms with van der Waals surface area (Å²) in [5, 5.41) is 0. The zero-order chi connectivity index (χ0) is 21.3. The van der Waals surface area contributed by atoms with Gasteiger partial charge in [0, 0.05) is 10.8 Å². The Bertz CT molecular complexity index is 1160. The SMILES string of the molecule is CC1=N/C2=C3\N=C(C)C(=N3)C(C)(C)c3[c-]c(ccc3)-c3[c-]c(ccc3)C(C)(C)C1=N2.[Pt+2]. The molecule has 3 aliphatic rings. The van der Waals surface area contributed by atoms with E-state index in [-0.39, 0.29) is 31.9 Å². The Balaban J connectivity index is 0.00000231. The molecule has 0 N–H and O–H groups in total. The fourth-order valence-corrected chi connectivity index (χ4v) is 4.47. The Kier molecular flexibility index (Phi) is 5.13. The van der Waals surface area contributed by atoms with Gasteiger partial charge in [0.2, 0.25) is 0 Å². The van der Waals surface area contributed by atoms with Crippen LogP contribution < -0.4 is 0 Å². The third-order valence-corrected chi connectivity index (χ3v) is 6.28. The van der Waals surface area contributed by atoms with Crippen molar-refractivity contribution in [1.82, 2.24) is 0 Å². The van der Waals surface area contributed by atoms with Crippen LogP contribution in [0.2, 0.25) is 0 Å². The van der Waals surface area contributed by atoms with Crippen molar-refractivity contribution < 1.29 is 21.1 Å². The number of hydrogen-bond acceptors (Lipinski definition) is 4. The smallest absolute Gasteiger partial charge is 0.229 e. The van der Waals surface area contributed by atoms with Gasteiger partial charge in [-0.2, -0.15) is 36.4 Å². The first-order chi connectivity index (χ1) is 14.2. The predicted molar refractivity (Wildman–Crippen MR) is 124 cm³/mol. The van der Waals surface area contributed by atoms with Crippen LogP contribution in [0.4, 0.5) is 0 Å². The molecule has 4 nitrogen and oxygen atoms in total. The molecule has 0 amide bonds. The number of rotatable bonds is 0. The van der Waals surface area contributed by atoms with Crippen molar-refractivity contribution in [3.63, 3.8) is 0 Å². The van der Waals surface area contributed by atoms with Crippen LogP contribution in [0.5, 0.6) is 0 Å². The minimum atomic E-state index is -0.350. The fraction of sp³-hybridized carbons (Fsp3) is 0.308. The first-order valence-corrected chi connectivity index (χ1v) is 10.3. The molecular weight excluding hydrogens is 563 g/mol. The minimum absolute atomic E-state index is 0. The molecule has 5 rings (SSSR count). The van der Waals surface area contributed by atoms with Gasteiger partial charge in [0.15, 0.2) is 11.6 Å². The zero-order valence-corrected chi connectivity index (χ0v) is 20.8. The quantitative estimate of drug-likeness (QED) is 0.367. The van der Waals surface area contributed by atoms with Gasteiger partial charge in [-0.3, -0.25) is 0 Å². The summed E-state index contributed by atoms with van der Waals surface area (Å²) in [5.74, 6) is 1.18. The Morgan fingerprint density at radius 3 is 1.39 bits per heavy atom. The number of nitrogens with zero attached hydrogens (tertiary/aromatic N) is 4. The Morgan fingerprint density at radius 2 is 1.00 bits per heavy atom. The molecule has 0 spiro atoms. The molecule has 2 aromatic rings. The zero-order valence-electron chi connectivity index (χ0n) is 18.6. The van der Waals surface area contributed by atoms with Crippen LogP contribution in [-0.4, -0.2) is 22.8 Å². The molecule has 158 valence electrons. The van der Waals surface area contributed by atoms with Gasteiger partial charge in [-0.05, 0) is 13.8 Å². The van der Waals surface area contributed by atoms with E-state index in [1.54, 1.807) is 0 Å². The summed E-state index contributed by atoms with van der Waals surface area (Å²) >= 11 is 0. The molecule has 8 bridgehead atoms. The van der Waals surface area contributed by atoms with Crippen molar-refractivity contribution in [1.29, 1.82) is 0 Å². The van der Waals surface area contributed by atoms with Crippen LogP contribution in [-0.2, 0) is 31.9 Å². The molecule has 31 heavy (non-hydrogen) atoms. The number of aliphatic imine (C=N–C) groups is 4. The average molecular weight is 588 g/mol. The molecule has 3 aliphatic heterocycles. The van der Waals surface area contributed by atoms with Crippen LogP contribution >= 0.6 is 0 Å². The van der Waals surface area contributed by atoms with Crippen molar-refractivity contribution >= 4 is 22.8 Å². The van der Waals surface area contributed by atoms with E-state index in [0.717, 1.165) is 45.1 Å². The van der Waals surface area contributed by atoms with Gasteiger partial charge in [0.05, 0.1) is 22.8 Å². The van der Waals surface area contributed by atoms with Gasteiger partial charge in [0.25, 0.3) is 0 Å². The first kappa shape index (κ1) is 21.8. The first-order valence-electron chi connectivity index (χ1n) is 10.3. The summed E-state index contributed by atoms with van der Waals surface area (Å²) in [7, 11) is 0. The van der Waals surface area contributed by atoms with E-state index < -0.39 is 0 Å². The molecule has 0 radical (unpaired) electrons. The van der Waals surface area contributed by atoms with Gasteiger partial charge in [-0.15, -0.1) is 23.3 Å². The summed E-state index contributed by atoms with van der Waals surface area (Å²) in [5.41, 5.74) is 7.17. The summed E-state index contributed by atoms with van der Waals surface area (Å²) < 4.78 is 0. The molecule has 0 atom stereocenters. The second kappa shape index (κ2) is 7.31. The minimum Gasteiger partial charge on any atom is -0.229 e. The number of hydrogen-bond donors (Lipinski definition) is 0. The molecule has 3 heterocycles. The normalized spacial score (nSPS) is 22.5. The molecular formula is C26H24N4Pt. The Hall–Kier alpha value is -2.45. The second-order valence-electron chi connectivity index (χ2n) is 9.17. The Labute approximate surface area is 198 Å². The van der Waals surface area contributed by atoms with Gasteiger partial charge < -0.3 is 0 Å². The maximum atomic E-state index is 4.90. The van der Waals surface area contributed by atoms with Crippen molar-refractivity contribution in [3.05, 3.63) is 71.3 Å². The van der Waals surface area contributed by atoms with Crippen molar-refractivity contribution in [3.8, 4) is 11.1 Å². The van der Waals surface area contributed by atoms with E-state index in [0.29, 0.717) is 11.6 Å². The summed E-state index contributed by atoms with van der Waals surface area (Å²) in [6.07, 6.45) is 0. The van der Waals surface area contributed by atoms with Crippen molar-refractivity contribution in [2.24, 2.45) is 20.0 Å². The molecule has 0 saturated carbocycles. The predicted octanol–water partition coefficient (Wildman–Crippen LogP) is 5.48. The van der Waals surface area contributed by atoms with Gasteiger partial charge in [-0.25, -0.2) is 31.1 Å². The van der Waals surface area contributed by atoms with Gasteiger partial charge in [0.1, 0.15) is 0 Å². The standard InChI is InChI=1S/C26H24N4.Pt/c1-15-21-25(3,4)19-11-7-9-17(13-19)18-10-8-12-20(14-18)26(5,6)22-16(2)28-24(30-22)23(27-15)29-21;/h7-12H,1-6H3;/q-2;+2/b24-23-;. The molecule has 5 heteroatoms. The van der Waals surface area contributed by atoms with Crippen LogP contribution in [0.1, 0.15) is 52.7 Å². The molecule has 0 unspecified atom stereocenters. The summed E-state index contributed by atoms with van der Waals surface area (Å²) in [6, 6.07) is 19.8. The maximum Gasteiger partial charge on any atom is 2.00 e. The third kappa shape index (κ3) is 3.32. The number of fused-ring (bicyclic) bond motifs is 7. The van der Waals surface area contributed by atoms with E-state index in [1.165, 1.54) is 0 Å². The van der Waals surface area contributed by atoms with E-state index in [9.17, 15) is 0 Å². The monoisotopic (exact) mass is 587 g/mol. The molecule has 0 aliphatic carbocycles. The van der Waals surface area contributed by atoms with Crippen molar-refractivity contribution in [2.75, 3.05) is 0 Å². The van der Waals surface area contributed by atoms with Crippen LogP contribution in [0.3, 0.4) is 0 Å². The van der Waals surface area contributed by atoms with Crippen LogP contribution in [0.25, 0.3) is 11.1 Å². The van der Waals surface area contributed by atoms with Gasteiger partial charge in [-0.1, -0.05) is 27.7 Å². The topological polar surface area (TPSA) is 49.4 Å². The molecule has 0 aromatic heterocycles. The second-order valence-corrected chi connectivity index (χ2v) is 9.17. The fourth-order valence-electron chi connectivity index (χ4n) is 4.47. The van der Waals surface area contributed by atoms with E-state index in [4.69, 9.17) is 20.0 Å². The van der Waals surface area contributed by atoms with Gasteiger partial charge >= 0.3 is 21.1 Å².